The zero-order valence-electron chi connectivity index (χ0n) is 10.5. The van der Waals surface area contributed by atoms with Crippen LogP contribution in [-0.4, -0.2) is 22.5 Å². The Morgan fingerprint density at radius 2 is 1.93 bits per heavy atom. The third-order valence-corrected chi connectivity index (χ3v) is 4.44. The van der Waals surface area contributed by atoms with Crippen molar-refractivity contribution in [2.45, 2.75) is 65.0 Å². The van der Waals surface area contributed by atoms with E-state index in [0.717, 1.165) is 0 Å². The average Bonchev–Trinajstić information content (AvgIpc) is 2.26. The van der Waals surface area contributed by atoms with Gasteiger partial charge in [0.1, 0.15) is 0 Å². The summed E-state index contributed by atoms with van der Waals surface area (Å²) in [5.74, 6) is 1.21. The predicted molar refractivity (Wildman–Crippen MR) is 70.7 cm³/mol. The van der Waals surface area contributed by atoms with E-state index in [9.17, 15) is 0 Å². The fourth-order valence-corrected chi connectivity index (χ4v) is 3.13. The quantitative estimate of drug-likeness (QED) is 0.797. The Morgan fingerprint density at radius 3 is 2.40 bits per heavy atom. The first-order valence-electron chi connectivity index (χ1n) is 6.14. The van der Waals surface area contributed by atoms with Crippen molar-refractivity contribution in [2.24, 2.45) is 4.99 Å². The molecule has 0 amide bonds. The molecular weight excluding hydrogens is 204 g/mol. The molecule has 0 spiro atoms. The molecule has 0 bridgehead atoms. The van der Waals surface area contributed by atoms with Gasteiger partial charge in [0.2, 0.25) is 0 Å². The van der Waals surface area contributed by atoms with Crippen LogP contribution in [-0.2, 0) is 0 Å². The van der Waals surface area contributed by atoms with Gasteiger partial charge in [-0.05, 0) is 32.6 Å². The molecule has 1 aliphatic rings. The normalized spacial score (nSPS) is 22.4. The highest BCUT2D eigenvalue weighted by Crippen LogP contribution is 2.23. The van der Waals surface area contributed by atoms with Gasteiger partial charge in [-0.15, -0.1) is 0 Å². The van der Waals surface area contributed by atoms with Crippen molar-refractivity contribution < 1.29 is 0 Å². The zero-order chi connectivity index (χ0) is 11.3. The first-order chi connectivity index (χ1) is 7.15. The Kier molecular flexibility index (Phi) is 4.97. The average molecular weight is 228 g/mol. The molecule has 0 aliphatic carbocycles. The molecule has 0 saturated heterocycles. The van der Waals surface area contributed by atoms with Crippen molar-refractivity contribution >= 4 is 16.9 Å². The van der Waals surface area contributed by atoms with Gasteiger partial charge in [-0.3, -0.25) is 4.99 Å². The van der Waals surface area contributed by atoms with E-state index in [4.69, 9.17) is 0 Å². The molecule has 0 fully saturated rings. The van der Waals surface area contributed by atoms with Crippen LogP contribution >= 0.6 is 11.8 Å². The van der Waals surface area contributed by atoms with Gasteiger partial charge in [0.05, 0.1) is 6.04 Å². The van der Waals surface area contributed by atoms with Crippen LogP contribution in [0.1, 0.15) is 53.4 Å². The molecule has 88 valence electrons. The fourth-order valence-electron chi connectivity index (χ4n) is 1.94. The maximum Gasteiger partial charge on any atom is 0.157 e. The van der Waals surface area contributed by atoms with E-state index in [1.165, 1.54) is 36.6 Å². The molecule has 0 aromatic carbocycles. The first-order valence-corrected chi connectivity index (χ1v) is 7.13. The van der Waals surface area contributed by atoms with E-state index >= 15 is 0 Å². The highest BCUT2D eigenvalue weighted by atomic mass is 32.2. The Balaban J connectivity index is 2.65. The minimum absolute atomic E-state index is 0.267. The van der Waals surface area contributed by atoms with Crippen LogP contribution in [0.3, 0.4) is 0 Å². The maximum absolute atomic E-state index is 4.68. The van der Waals surface area contributed by atoms with Crippen LogP contribution in [0.25, 0.3) is 0 Å². The minimum Gasteiger partial charge on any atom is -0.360 e. The summed E-state index contributed by atoms with van der Waals surface area (Å²) in [6, 6.07) is 0.497. The van der Waals surface area contributed by atoms with E-state index in [0.29, 0.717) is 6.04 Å². The summed E-state index contributed by atoms with van der Waals surface area (Å²) in [5.41, 5.74) is 0.267. The minimum atomic E-state index is 0.267. The zero-order valence-corrected chi connectivity index (χ0v) is 11.3. The van der Waals surface area contributed by atoms with Crippen LogP contribution in [0.15, 0.2) is 4.99 Å². The Bertz CT molecular complexity index is 213. The van der Waals surface area contributed by atoms with Crippen molar-refractivity contribution in [1.29, 1.82) is 0 Å². The van der Waals surface area contributed by atoms with Gasteiger partial charge in [0.15, 0.2) is 5.17 Å². The molecule has 1 rings (SSSR count). The van der Waals surface area contributed by atoms with Gasteiger partial charge in [-0.1, -0.05) is 32.5 Å². The molecule has 0 aromatic rings. The van der Waals surface area contributed by atoms with E-state index in [1.54, 1.807) is 0 Å². The van der Waals surface area contributed by atoms with Crippen molar-refractivity contribution in [3.63, 3.8) is 0 Å². The van der Waals surface area contributed by atoms with Crippen LogP contribution in [0.4, 0.5) is 0 Å². The van der Waals surface area contributed by atoms with Gasteiger partial charge < -0.3 is 5.32 Å². The molecular formula is C12H24N2S. The van der Waals surface area contributed by atoms with Crippen LogP contribution in [0, 0.1) is 0 Å². The monoisotopic (exact) mass is 228 g/mol. The maximum atomic E-state index is 4.68. The Hall–Kier alpha value is -0.180. The van der Waals surface area contributed by atoms with Crippen molar-refractivity contribution in [3.8, 4) is 0 Å². The summed E-state index contributed by atoms with van der Waals surface area (Å²) in [6.45, 7) is 8.99. The lowest BCUT2D eigenvalue weighted by atomic mass is 9.90. The van der Waals surface area contributed by atoms with Gasteiger partial charge in [-0.2, -0.15) is 0 Å². The summed E-state index contributed by atoms with van der Waals surface area (Å²) in [7, 11) is 0. The number of hydrogen-bond donors (Lipinski definition) is 1. The lowest BCUT2D eigenvalue weighted by Gasteiger charge is -2.34. The topological polar surface area (TPSA) is 24.4 Å². The molecule has 1 N–H and O–H groups in total. The van der Waals surface area contributed by atoms with E-state index in [2.05, 4.69) is 38.0 Å². The second kappa shape index (κ2) is 5.78. The molecule has 1 unspecified atom stereocenters. The van der Waals surface area contributed by atoms with Gasteiger partial charge >= 0.3 is 0 Å². The van der Waals surface area contributed by atoms with Crippen LogP contribution in [0.2, 0.25) is 0 Å². The van der Waals surface area contributed by atoms with Gasteiger partial charge in [0.25, 0.3) is 0 Å². The number of nitrogens with one attached hydrogen (secondary N) is 1. The van der Waals surface area contributed by atoms with Crippen molar-refractivity contribution in [3.05, 3.63) is 0 Å². The molecule has 0 aromatic heterocycles. The third kappa shape index (κ3) is 3.40. The highest BCUT2D eigenvalue weighted by Gasteiger charge is 2.26. The summed E-state index contributed by atoms with van der Waals surface area (Å²) in [5, 5.41) is 4.83. The summed E-state index contributed by atoms with van der Waals surface area (Å²) < 4.78 is 0. The second-order valence-electron chi connectivity index (χ2n) is 4.39. The van der Waals surface area contributed by atoms with Crippen LogP contribution in [0.5, 0.6) is 0 Å². The smallest absolute Gasteiger partial charge is 0.157 e. The number of thioether (sulfide) groups is 1. The van der Waals surface area contributed by atoms with E-state index in [-0.39, 0.29) is 5.54 Å². The summed E-state index contributed by atoms with van der Waals surface area (Å²) in [4.78, 5) is 4.68. The largest absolute Gasteiger partial charge is 0.360 e. The van der Waals surface area contributed by atoms with Gasteiger partial charge in [-0.25, -0.2) is 0 Å². The first kappa shape index (κ1) is 12.9. The van der Waals surface area contributed by atoms with Crippen molar-refractivity contribution in [1.82, 2.24) is 5.32 Å². The number of hydrogen-bond acceptors (Lipinski definition) is 3. The fraction of sp³-hybridized carbons (Fsp3) is 0.917. The molecule has 0 saturated carbocycles. The summed E-state index contributed by atoms with van der Waals surface area (Å²) in [6.07, 6.45) is 4.74. The molecule has 2 nitrogen and oxygen atoms in total. The van der Waals surface area contributed by atoms with Crippen molar-refractivity contribution in [2.75, 3.05) is 5.75 Å². The second-order valence-corrected chi connectivity index (χ2v) is 5.47. The predicted octanol–water partition coefficient (Wildman–Crippen LogP) is 3.43. The van der Waals surface area contributed by atoms with E-state index < -0.39 is 0 Å². The third-order valence-electron chi connectivity index (χ3n) is 3.51. The highest BCUT2D eigenvalue weighted by molar-refractivity contribution is 8.13. The Morgan fingerprint density at radius 1 is 1.33 bits per heavy atom. The molecule has 1 atom stereocenters. The number of amidine groups is 1. The molecule has 1 aliphatic heterocycles. The number of rotatable bonds is 4. The standard InChI is InChI=1S/C12H24N2S/c1-5-12(6-2,7-3)14-11-13-10(4)8-9-15-11/h10H,5-9H2,1-4H3,(H,13,14). The van der Waals surface area contributed by atoms with Gasteiger partial charge in [0, 0.05) is 11.3 Å². The lowest BCUT2D eigenvalue weighted by Crippen LogP contribution is -2.47. The van der Waals surface area contributed by atoms with E-state index in [1.807, 2.05) is 11.8 Å². The molecule has 0 radical (unpaired) electrons. The lowest BCUT2D eigenvalue weighted by molar-refractivity contribution is 0.341. The SMILES string of the molecule is CCC(CC)(CC)NC1=NC(C)CCS1. The summed E-state index contributed by atoms with van der Waals surface area (Å²) >= 11 is 1.88. The molecule has 15 heavy (non-hydrogen) atoms. The van der Waals surface area contributed by atoms with Crippen LogP contribution < -0.4 is 5.32 Å². The Labute approximate surface area is 98.3 Å². The number of aliphatic imine (C=N–C) groups is 1. The molecule has 3 heteroatoms. The number of nitrogens with zero attached hydrogens (tertiary/aromatic N) is 1. The molecule has 1 heterocycles.